The number of aromatic nitrogens is 1. The van der Waals surface area contributed by atoms with Gasteiger partial charge in [0.15, 0.2) is 0 Å². The van der Waals surface area contributed by atoms with Crippen molar-refractivity contribution in [2.75, 3.05) is 18.4 Å². The smallest absolute Gasteiger partial charge is 0.321 e. The molecule has 7 heteroatoms. The summed E-state index contributed by atoms with van der Waals surface area (Å²) in [5, 5.41) is 3.40. The van der Waals surface area contributed by atoms with Crippen LogP contribution in [0.1, 0.15) is 42.7 Å². The van der Waals surface area contributed by atoms with E-state index in [1.807, 2.05) is 4.90 Å². The van der Waals surface area contributed by atoms with Crippen LogP contribution < -0.4 is 11.1 Å². The average molecular weight is 342 g/mol. The number of pyridine rings is 1. The highest BCUT2D eigenvalue weighted by Gasteiger charge is 2.34. The van der Waals surface area contributed by atoms with Crippen LogP contribution in [0.3, 0.4) is 0 Å². The molecule has 0 bridgehead atoms. The number of urea groups is 1. The first-order chi connectivity index (χ1) is 12.1. The molecular formula is C18H22N4O3. The molecule has 3 heterocycles. The summed E-state index contributed by atoms with van der Waals surface area (Å²) in [5.74, 6) is 0.553. The average Bonchev–Trinajstić information content (AvgIpc) is 3.34. The van der Waals surface area contributed by atoms with E-state index in [2.05, 4.69) is 10.3 Å². The van der Waals surface area contributed by atoms with Gasteiger partial charge < -0.3 is 20.4 Å². The van der Waals surface area contributed by atoms with Gasteiger partial charge in [-0.1, -0.05) is 25.7 Å². The predicted octanol–water partition coefficient (Wildman–Crippen LogP) is 2.97. The normalized spacial score (nSPS) is 21.1. The summed E-state index contributed by atoms with van der Waals surface area (Å²) in [6.07, 6.45) is 7.80. The van der Waals surface area contributed by atoms with Crippen LogP contribution in [0.25, 0.3) is 11.1 Å². The van der Waals surface area contributed by atoms with Crippen LogP contribution in [-0.2, 0) is 0 Å². The van der Waals surface area contributed by atoms with Gasteiger partial charge in [0.1, 0.15) is 5.69 Å². The first kappa shape index (κ1) is 15.9. The summed E-state index contributed by atoms with van der Waals surface area (Å²) in [4.78, 5) is 30.2. The second kappa shape index (κ2) is 6.38. The second-order valence-corrected chi connectivity index (χ2v) is 7.00. The zero-order valence-electron chi connectivity index (χ0n) is 14.0. The molecule has 1 unspecified atom stereocenters. The molecule has 3 N–H and O–H groups in total. The minimum absolute atomic E-state index is 0.0615. The third kappa shape index (κ3) is 2.94. The molecule has 1 aliphatic heterocycles. The van der Waals surface area contributed by atoms with E-state index < -0.39 is 5.91 Å². The topological polar surface area (TPSA) is 101 Å². The van der Waals surface area contributed by atoms with Crippen LogP contribution in [0.5, 0.6) is 0 Å². The lowest BCUT2D eigenvalue weighted by atomic mass is 9.90. The van der Waals surface area contributed by atoms with Gasteiger partial charge in [-0.2, -0.15) is 0 Å². The first-order valence-corrected chi connectivity index (χ1v) is 8.86. The van der Waals surface area contributed by atoms with Crippen molar-refractivity contribution in [1.29, 1.82) is 0 Å². The molecule has 2 fully saturated rings. The molecule has 132 valence electrons. The third-order valence-electron chi connectivity index (χ3n) is 5.50. The van der Waals surface area contributed by atoms with E-state index in [0.717, 1.165) is 25.4 Å². The molecule has 1 saturated heterocycles. The van der Waals surface area contributed by atoms with Crippen molar-refractivity contribution in [2.45, 2.75) is 32.1 Å². The minimum Gasteiger partial charge on any atom is -0.430 e. The van der Waals surface area contributed by atoms with Gasteiger partial charge in [0, 0.05) is 19.3 Å². The molecule has 4 rings (SSSR count). The molecule has 25 heavy (non-hydrogen) atoms. The van der Waals surface area contributed by atoms with E-state index >= 15 is 0 Å². The zero-order chi connectivity index (χ0) is 17.4. The quantitative estimate of drug-likeness (QED) is 0.895. The molecule has 0 aromatic carbocycles. The number of primary amides is 1. The van der Waals surface area contributed by atoms with Crippen molar-refractivity contribution < 1.29 is 14.0 Å². The molecule has 7 nitrogen and oxygen atoms in total. The Bertz CT molecular complexity index is 810. The van der Waals surface area contributed by atoms with E-state index in [9.17, 15) is 9.59 Å². The molecule has 1 saturated carbocycles. The second-order valence-electron chi connectivity index (χ2n) is 7.00. The van der Waals surface area contributed by atoms with Crippen LogP contribution in [-0.4, -0.2) is 34.9 Å². The van der Waals surface area contributed by atoms with Gasteiger partial charge in [-0.3, -0.25) is 4.79 Å². The van der Waals surface area contributed by atoms with Crippen LogP contribution in [0.2, 0.25) is 0 Å². The van der Waals surface area contributed by atoms with Gasteiger partial charge in [-0.15, -0.1) is 0 Å². The lowest BCUT2D eigenvalue weighted by Gasteiger charge is -2.20. The zero-order valence-corrected chi connectivity index (χ0v) is 14.0. The Kier molecular flexibility index (Phi) is 4.07. The molecule has 0 spiro atoms. The van der Waals surface area contributed by atoms with E-state index in [0.29, 0.717) is 17.0 Å². The van der Waals surface area contributed by atoms with Crippen molar-refractivity contribution in [2.24, 2.45) is 17.6 Å². The van der Waals surface area contributed by atoms with Crippen LogP contribution in [0, 0.1) is 11.8 Å². The van der Waals surface area contributed by atoms with Crippen molar-refractivity contribution >= 4 is 28.7 Å². The van der Waals surface area contributed by atoms with Gasteiger partial charge in [0.25, 0.3) is 5.91 Å². The summed E-state index contributed by atoms with van der Waals surface area (Å²) in [5.41, 5.74) is 5.99. The number of nitrogens with zero attached hydrogens (tertiary/aromatic N) is 2. The Morgan fingerprint density at radius 2 is 2.04 bits per heavy atom. The van der Waals surface area contributed by atoms with E-state index in [-0.39, 0.29) is 17.5 Å². The van der Waals surface area contributed by atoms with Crippen LogP contribution >= 0.6 is 0 Å². The Labute approximate surface area is 145 Å². The Morgan fingerprint density at radius 1 is 1.24 bits per heavy atom. The summed E-state index contributed by atoms with van der Waals surface area (Å²) in [7, 11) is 0. The monoisotopic (exact) mass is 342 g/mol. The molecule has 2 aliphatic rings. The Balaban J connectivity index is 1.52. The number of rotatable bonds is 3. The largest absolute Gasteiger partial charge is 0.430 e. The number of likely N-dealkylation sites (tertiary alicyclic amines) is 1. The number of furan rings is 1. The van der Waals surface area contributed by atoms with Gasteiger partial charge in [-0.05, 0) is 30.4 Å². The van der Waals surface area contributed by atoms with Crippen molar-refractivity contribution in [3.8, 4) is 0 Å². The molecule has 1 atom stereocenters. The maximum atomic E-state index is 12.7. The number of carbonyl (C=O) groups excluding carboxylic acids is 2. The number of nitrogens with two attached hydrogens (primary N) is 1. The van der Waals surface area contributed by atoms with Gasteiger partial charge in [0.05, 0.1) is 5.39 Å². The summed E-state index contributed by atoms with van der Waals surface area (Å²) < 4.78 is 5.41. The van der Waals surface area contributed by atoms with Gasteiger partial charge >= 0.3 is 6.03 Å². The fourth-order valence-electron chi connectivity index (χ4n) is 4.20. The fraction of sp³-hybridized carbons (Fsp3) is 0.500. The molecule has 3 amide bonds. The standard InChI is InChI=1S/C18H22N4O3/c19-16(23)15-14(13-6-3-8-20-17(13)25-15)21-18(24)22-9-7-12(10-22)11-4-1-2-5-11/h3,6,8,11-12H,1-2,4-5,7,9-10H2,(H2,19,23)(H,21,24). The molecule has 2 aromatic rings. The number of carbonyl (C=O) groups is 2. The molecule has 0 radical (unpaired) electrons. The maximum absolute atomic E-state index is 12.7. The minimum atomic E-state index is -0.724. The van der Waals surface area contributed by atoms with Gasteiger partial charge in [-0.25, -0.2) is 9.78 Å². The molecular weight excluding hydrogens is 320 g/mol. The number of anilines is 1. The lowest BCUT2D eigenvalue weighted by molar-refractivity contribution is 0.0977. The first-order valence-electron chi connectivity index (χ1n) is 8.86. The number of hydrogen-bond donors (Lipinski definition) is 2. The van der Waals surface area contributed by atoms with Crippen LogP contribution in [0.15, 0.2) is 22.7 Å². The van der Waals surface area contributed by atoms with E-state index in [1.165, 1.54) is 25.7 Å². The highest BCUT2D eigenvalue weighted by atomic mass is 16.4. The third-order valence-corrected chi connectivity index (χ3v) is 5.50. The van der Waals surface area contributed by atoms with Crippen molar-refractivity contribution in [1.82, 2.24) is 9.88 Å². The SMILES string of the molecule is NC(=O)c1oc2ncccc2c1NC(=O)N1CCC(C2CCCC2)C1. The summed E-state index contributed by atoms with van der Waals surface area (Å²) in [6, 6.07) is 3.26. The summed E-state index contributed by atoms with van der Waals surface area (Å²) >= 11 is 0. The number of amides is 3. The van der Waals surface area contributed by atoms with E-state index in [1.54, 1.807) is 18.3 Å². The molecule has 2 aromatic heterocycles. The Hall–Kier alpha value is -2.57. The number of fused-ring (bicyclic) bond motifs is 1. The van der Waals surface area contributed by atoms with Crippen LogP contribution in [0.4, 0.5) is 10.5 Å². The predicted molar refractivity (Wildman–Crippen MR) is 93.2 cm³/mol. The lowest BCUT2D eigenvalue weighted by Crippen LogP contribution is -2.34. The van der Waals surface area contributed by atoms with Crippen molar-refractivity contribution in [3.63, 3.8) is 0 Å². The molecule has 1 aliphatic carbocycles. The van der Waals surface area contributed by atoms with Crippen molar-refractivity contribution in [3.05, 3.63) is 24.1 Å². The maximum Gasteiger partial charge on any atom is 0.321 e. The highest BCUT2D eigenvalue weighted by molar-refractivity contribution is 6.09. The summed E-state index contributed by atoms with van der Waals surface area (Å²) in [6.45, 7) is 1.52. The van der Waals surface area contributed by atoms with E-state index in [4.69, 9.17) is 10.2 Å². The Morgan fingerprint density at radius 3 is 2.80 bits per heavy atom. The highest BCUT2D eigenvalue weighted by Crippen LogP contribution is 2.36. The number of nitrogens with one attached hydrogen (secondary N) is 1. The van der Waals surface area contributed by atoms with Gasteiger partial charge in [0.2, 0.25) is 11.5 Å². The number of hydrogen-bond acceptors (Lipinski definition) is 4. The fourth-order valence-corrected chi connectivity index (χ4v) is 4.20.